The molecule has 24 heavy (non-hydrogen) atoms. The van der Waals surface area contributed by atoms with Gasteiger partial charge in [0.25, 0.3) is 0 Å². The van der Waals surface area contributed by atoms with Gasteiger partial charge in [0.2, 0.25) is 5.91 Å². The van der Waals surface area contributed by atoms with E-state index in [9.17, 15) is 9.18 Å². The second-order valence-electron chi connectivity index (χ2n) is 6.58. The highest BCUT2D eigenvalue weighted by molar-refractivity contribution is 5.93. The number of carbonyl (C=O) groups excluding carboxylic acids is 1. The topological polar surface area (TPSA) is 61.6 Å². The lowest BCUT2D eigenvalue weighted by molar-refractivity contribution is 0.0591. The highest BCUT2D eigenvalue weighted by atomic mass is 35.5. The summed E-state index contributed by atoms with van der Waals surface area (Å²) in [6, 6.07) is 7.38. The zero-order chi connectivity index (χ0) is 16.3. The Morgan fingerprint density at radius 1 is 1.12 bits per heavy atom. The molecule has 0 aromatic heterocycles. The zero-order valence-corrected chi connectivity index (χ0v) is 14.7. The molecule has 5 nitrogen and oxygen atoms in total. The molecule has 134 valence electrons. The van der Waals surface area contributed by atoms with E-state index in [0.717, 1.165) is 45.0 Å². The van der Waals surface area contributed by atoms with Gasteiger partial charge in [-0.05, 0) is 50.2 Å². The highest BCUT2D eigenvalue weighted by Gasteiger charge is 2.34. The number of nitrogens with zero attached hydrogens (tertiary/aromatic N) is 2. The third kappa shape index (κ3) is 4.59. The summed E-state index contributed by atoms with van der Waals surface area (Å²) in [7, 11) is 0. The van der Waals surface area contributed by atoms with Gasteiger partial charge in [0.1, 0.15) is 5.67 Å². The molecule has 2 heterocycles. The molecule has 0 spiro atoms. The highest BCUT2D eigenvalue weighted by Crippen LogP contribution is 2.25. The normalized spacial score (nSPS) is 21.1. The minimum atomic E-state index is -1.03. The summed E-state index contributed by atoms with van der Waals surface area (Å²) in [5.74, 6) is -0.406. The van der Waals surface area contributed by atoms with Gasteiger partial charge in [-0.25, -0.2) is 4.39 Å². The predicted octanol–water partition coefficient (Wildman–Crippen LogP) is 1.42. The number of hydrogen-bond acceptors (Lipinski definition) is 4. The SMILES string of the molecule is Cl.NC(=O)c1ccc(N2CCN(CC3(F)CCNCC3)CC2)cc1. The van der Waals surface area contributed by atoms with Crippen LogP contribution in [0.3, 0.4) is 0 Å². The molecule has 2 aliphatic heterocycles. The van der Waals surface area contributed by atoms with E-state index >= 15 is 0 Å². The summed E-state index contributed by atoms with van der Waals surface area (Å²) < 4.78 is 14.8. The molecule has 0 unspecified atom stereocenters. The molecule has 0 radical (unpaired) electrons. The van der Waals surface area contributed by atoms with Gasteiger partial charge in [-0.1, -0.05) is 0 Å². The maximum atomic E-state index is 14.8. The first kappa shape index (κ1) is 19.0. The van der Waals surface area contributed by atoms with E-state index in [1.807, 2.05) is 12.1 Å². The molecule has 0 atom stereocenters. The zero-order valence-electron chi connectivity index (χ0n) is 13.8. The van der Waals surface area contributed by atoms with Crippen molar-refractivity contribution in [3.63, 3.8) is 0 Å². The molecule has 3 N–H and O–H groups in total. The Bertz CT molecular complexity index is 540. The monoisotopic (exact) mass is 356 g/mol. The van der Waals surface area contributed by atoms with Crippen LogP contribution in [0.25, 0.3) is 0 Å². The smallest absolute Gasteiger partial charge is 0.248 e. The van der Waals surface area contributed by atoms with E-state index in [2.05, 4.69) is 15.1 Å². The van der Waals surface area contributed by atoms with Crippen molar-refractivity contribution >= 4 is 24.0 Å². The van der Waals surface area contributed by atoms with E-state index in [1.54, 1.807) is 12.1 Å². The largest absolute Gasteiger partial charge is 0.369 e. The third-order valence-electron chi connectivity index (χ3n) is 4.90. The van der Waals surface area contributed by atoms with E-state index in [1.165, 1.54) is 0 Å². The number of benzene rings is 1. The molecule has 1 aromatic carbocycles. The van der Waals surface area contributed by atoms with Crippen molar-refractivity contribution in [3.8, 4) is 0 Å². The van der Waals surface area contributed by atoms with Crippen LogP contribution in [0.2, 0.25) is 0 Å². The summed E-state index contributed by atoms with van der Waals surface area (Å²) in [5.41, 5.74) is 5.85. The molecule has 1 amide bonds. The Kier molecular flexibility index (Phi) is 6.43. The molecular weight excluding hydrogens is 331 g/mol. The van der Waals surface area contributed by atoms with Gasteiger partial charge in [0.15, 0.2) is 0 Å². The fraction of sp³-hybridized carbons (Fsp3) is 0.588. The number of alkyl halides is 1. The lowest BCUT2D eigenvalue weighted by atomic mass is 9.93. The first-order chi connectivity index (χ1) is 11.1. The first-order valence-electron chi connectivity index (χ1n) is 8.33. The van der Waals surface area contributed by atoms with Crippen LogP contribution in [0.5, 0.6) is 0 Å². The fourth-order valence-electron chi connectivity index (χ4n) is 3.43. The van der Waals surface area contributed by atoms with Crippen molar-refractivity contribution < 1.29 is 9.18 Å². The number of rotatable bonds is 4. The van der Waals surface area contributed by atoms with Crippen molar-refractivity contribution in [3.05, 3.63) is 29.8 Å². The number of nitrogens with two attached hydrogens (primary N) is 1. The molecule has 2 saturated heterocycles. The summed E-state index contributed by atoms with van der Waals surface area (Å²) in [6.07, 6.45) is 1.23. The van der Waals surface area contributed by atoms with Crippen LogP contribution in [0.4, 0.5) is 10.1 Å². The van der Waals surface area contributed by atoms with Crippen molar-refractivity contribution in [1.29, 1.82) is 0 Å². The predicted molar refractivity (Wildman–Crippen MR) is 96.8 cm³/mol. The average molecular weight is 357 g/mol. The van der Waals surface area contributed by atoms with Crippen LogP contribution in [-0.2, 0) is 0 Å². The third-order valence-corrected chi connectivity index (χ3v) is 4.90. The van der Waals surface area contributed by atoms with Crippen molar-refractivity contribution in [2.75, 3.05) is 50.7 Å². The Balaban J connectivity index is 0.00000208. The van der Waals surface area contributed by atoms with Crippen LogP contribution in [-0.4, -0.2) is 62.3 Å². The lowest BCUT2D eigenvalue weighted by Crippen LogP contribution is -2.53. The number of carbonyl (C=O) groups is 1. The number of primary amides is 1. The van der Waals surface area contributed by atoms with Crippen molar-refractivity contribution in [2.24, 2.45) is 5.73 Å². The second kappa shape index (κ2) is 8.14. The number of piperazine rings is 1. The van der Waals surface area contributed by atoms with Gasteiger partial charge >= 0.3 is 0 Å². The standard InChI is InChI=1S/C17H25FN4O.ClH/c18-17(5-7-20-8-6-17)13-21-9-11-22(12-10-21)15-3-1-14(2-4-15)16(19)23;/h1-4,20H,5-13H2,(H2,19,23);1H. The minimum Gasteiger partial charge on any atom is -0.369 e. The number of hydrogen-bond donors (Lipinski definition) is 2. The van der Waals surface area contributed by atoms with E-state index < -0.39 is 11.6 Å². The number of halogens is 2. The van der Waals surface area contributed by atoms with Gasteiger partial charge in [0.05, 0.1) is 0 Å². The Morgan fingerprint density at radius 3 is 2.25 bits per heavy atom. The average Bonchev–Trinajstić information content (AvgIpc) is 2.56. The maximum absolute atomic E-state index is 14.8. The molecule has 0 bridgehead atoms. The molecule has 2 aliphatic rings. The number of amides is 1. The number of nitrogens with one attached hydrogen (secondary N) is 1. The molecule has 0 saturated carbocycles. The first-order valence-corrected chi connectivity index (χ1v) is 8.33. The molecule has 2 fully saturated rings. The molecule has 3 rings (SSSR count). The van der Waals surface area contributed by atoms with E-state index in [0.29, 0.717) is 24.9 Å². The van der Waals surface area contributed by atoms with Gasteiger partial charge in [-0.2, -0.15) is 0 Å². The molecule has 1 aromatic rings. The summed E-state index contributed by atoms with van der Waals surface area (Å²) in [5, 5.41) is 3.22. The van der Waals surface area contributed by atoms with Crippen LogP contribution in [0, 0.1) is 0 Å². The molecular formula is C17H26ClFN4O. The summed E-state index contributed by atoms with van der Waals surface area (Å²) >= 11 is 0. The quantitative estimate of drug-likeness (QED) is 0.856. The Labute approximate surface area is 148 Å². The van der Waals surface area contributed by atoms with Crippen LogP contribution in [0.1, 0.15) is 23.2 Å². The molecule has 0 aliphatic carbocycles. The Hall–Kier alpha value is -1.37. The minimum absolute atomic E-state index is 0. The number of piperidine rings is 1. The van der Waals surface area contributed by atoms with Crippen LogP contribution >= 0.6 is 12.4 Å². The van der Waals surface area contributed by atoms with Crippen molar-refractivity contribution in [2.45, 2.75) is 18.5 Å². The second-order valence-corrected chi connectivity index (χ2v) is 6.58. The van der Waals surface area contributed by atoms with Gasteiger partial charge in [0, 0.05) is 44.0 Å². The fourth-order valence-corrected chi connectivity index (χ4v) is 3.43. The van der Waals surface area contributed by atoms with Gasteiger partial charge < -0.3 is 16.0 Å². The summed E-state index contributed by atoms with van der Waals surface area (Å²) in [4.78, 5) is 15.6. The molecule has 7 heteroatoms. The maximum Gasteiger partial charge on any atom is 0.248 e. The van der Waals surface area contributed by atoms with E-state index in [-0.39, 0.29) is 12.4 Å². The number of anilines is 1. The summed E-state index contributed by atoms with van der Waals surface area (Å²) in [6.45, 7) is 5.61. The Morgan fingerprint density at radius 2 is 1.71 bits per heavy atom. The van der Waals surface area contributed by atoms with Gasteiger partial charge in [-0.3, -0.25) is 9.69 Å². The van der Waals surface area contributed by atoms with E-state index in [4.69, 9.17) is 5.73 Å². The van der Waals surface area contributed by atoms with Crippen LogP contribution < -0.4 is 16.0 Å². The van der Waals surface area contributed by atoms with Crippen LogP contribution in [0.15, 0.2) is 24.3 Å². The lowest BCUT2D eigenvalue weighted by Gasteiger charge is -2.40. The van der Waals surface area contributed by atoms with Crippen molar-refractivity contribution in [1.82, 2.24) is 10.2 Å². The van der Waals surface area contributed by atoms with Gasteiger partial charge in [-0.15, -0.1) is 12.4 Å².